The van der Waals surface area contributed by atoms with Gasteiger partial charge in [-0.15, -0.1) is 21.5 Å². The number of hydrogen-bond donors (Lipinski definition) is 0. The lowest BCUT2D eigenvalue weighted by Crippen LogP contribution is -2.06. The Kier molecular flexibility index (Phi) is 7.46. The first-order valence-electron chi connectivity index (χ1n) is 11.4. The molecule has 7 nitrogen and oxygen atoms in total. The fraction of sp³-hybridized carbons (Fsp3) is 0.320. The van der Waals surface area contributed by atoms with Crippen LogP contribution in [0.1, 0.15) is 30.4 Å². The topological polar surface area (TPSA) is 71.3 Å². The number of aromatic nitrogens is 4. The number of benzene rings is 2. The second-order valence-electron chi connectivity index (χ2n) is 8.01. The molecule has 0 aliphatic carbocycles. The van der Waals surface area contributed by atoms with Gasteiger partial charge in [0.1, 0.15) is 16.6 Å². The molecule has 0 bridgehead atoms. The van der Waals surface area contributed by atoms with Crippen LogP contribution in [0.2, 0.25) is 5.02 Å². The maximum Gasteiger partial charge on any atom is 0.231 e. The molecule has 0 saturated heterocycles. The van der Waals surface area contributed by atoms with Crippen LogP contribution in [0.5, 0.6) is 17.2 Å². The van der Waals surface area contributed by atoms with Crippen molar-refractivity contribution in [1.29, 1.82) is 0 Å². The summed E-state index contributed by atoms with van der Waals surface area (Å²) < 4.78 is 19.0. The highest BCUT2D eigenvalue weighted by Gasteiger charge is 2.16. The number of halogens is 1. The monoisotopic (exact) mass is 528 g/mol. The molecule has 182 valence electrons. The molecule has 1 aliphatic heterocycles. The van der Waals surface area contributed by atoms with Gasteiger partial charge in [0.2, 0.25) is 6.79 Å². The summed E-state index contributed by atoms with van der Waals surface area (Å²) in [6, 6.07) is 11.6. The van der Waals surface area contributed by atoms with Crippen LogP contribution >= 0.6 is 34.7 Å². The highest BCUT2D eigenvalue weighted by Crippen LogP contribution is 2.37. The molecular formula is C25H25ClN4O3S2. The van der Waals surface area contributed by atoms with Crippen molar-refractivity contribution >= 4 is 34.7 Å². The molecule has 2 aromatic heterocycles. The third kappa shape index (κ3) is 5.58. The summed E-state index contributed by atoms with van der Waals surface area (Å²) in [5.74, 6) is 4.13. The van der Waals surface area contributed by atoms with Crippen molar-refractivity contribution in [3.63, 3.8) is 0 Å². The normalized spacial score (nSPS) is 12.3. The van der Waals surface area contributed by atoms with Crippen molar-refractivity contribution in [3.05, 3.63) is 63.9 Å². The molecule has 0 spiro atoms. The number of ether oxygens (including phenoxy) is 3. The second kappa shape index (κ2) is 10.9. The minimum atomic E-state index is 0.272. The van der Waals surface area contributed by atoms with E-state index in [2.05, 4.69) is 27.1 Å². The molecule has 2 aromatic carbocycles. The highest BCUT2D eigenvalue weighted by atomic mass is 35.5. The first-order chi connectivity index (χ1) is 17.1. The lowest BCUT2D eigenvalue weighted by molar-refractivity contribution is 0.174. The average molecular weight is 529 g/mol. The van der Waals surface area contributed by atoms with Gasteiger partial charge in [-0.25, -0.2) is 4.98 Å². The SMILES string of the molecule is CCn1c(CCCOc2ccc(Cl)cc2C)nnc1SCc1csc(-c2ccc3c(c2)OCO3)n1. The van der Waals surface area contributed by atoms with Crippen LogP contribution < -0.4 is 14.2 Å². The van der Waals surface area contributed by atoms with E-state index >= 15 is 0 Å². The summed E-state index contributed by atoms with van der Waals surface area (Å²) in [5, 5.41) is 13.6. The third-order valence-electron chi connectivity index (χ3n) is 5.57. The third-order valence-corrected chi connectivity index (χ3v) is 7.74. The molecule has 0 unspecified atom stereocenters. The van der Waals surface area contributed by atoms with Gasteiger partial charge in [0.15, 0.2) is 16.7 Å². The predicted molar refractivity (Wildman–Crippen MR) is 139 cm³/mol. The Bertz CT molecular complexity index is 1320. The van der Waals surface area contributed by atoms with Crippen molar-refractivity contribution in [2.24, 2.45) is 0 Å². The summed E-state index contributed by atoms with van der Waals surface area (Å²) in [4.78, 5) is 4.80. The van der Waals surface area contributed by atoms with Crippen LogP contribution in [0.25, 0.3) is 10.6 Å². The Morgan fingerprint density at radius 2 is 2.03 bits per heavy atom. The van der Waals surface area contributed by atoms with E-state index in [-0.39, 0.29) is 6.79 Å². The van der Waals surface area contributed by atoms with E-state index < -0.39 is 0 Å². The molecule has 0 saturated carbocycles. The average Bonchev–Trinajstić information content (AvgIpc) is 3.60. The standard InChI is InChI=1S/C25H25ClN4O3S2/c1-3-30-23(5-4-10-31-20-9-7-18(26)11-16(20)2)28-29-25(30)35-14-19-13-34-24(27-19)17-6-8-21-22(12-17)33-15-32-21/h6-9,11-13H,3-5,10,14-15H2,1-2H3. The summed E-state index contributed by atoms with van der Waals surface area (Å²) in [6.07, 6.45) is 1.66. The van der Waals surface area contributed by atoms with Gasteiger partial charge in [-0.2, -0.15) is 0 Å². The summed E-state index contributed by atoms with van der Waals surface area (Å²) in [5.41, 5.74) is 3.09. The number of rotatable bonds is 10. The van der Waals surface area contributed by atoms with E-state index in [1.54, 1.807) is 23.1 Å². The molecule has 4 aromatic rings. The van der Waals surface area contributed by atoms with Crippen molar-refractivity contribution in [1.82, 2.24) is 19.7 Å². The summed E-state index contributed by atoms with van der Waals surface area (Å²) in [7, 11) is 0. The summed E-state index contributed by atoms with van der Waals surface area (Å²) in [6.45, 7) is 5.82. The maximum absolute atomic E-state index is 6.02. The molecule has 35 heavy (non-hydrogen) atoms. The molecule has 1 aliphatic rings. The van der Waals surface area contributed by atoms with Crippen LogP contribution in [-0.2, 0) is 18.7 Å². The van der Waals surface area contributed by atoms with E-state index in [4.69, 9.17) is 30.8 Å². The van der Waals surface area contributed by atoms with Gasteiger partial charge >= 0.3 is 0 Å². The Balaban J connectivity index is 1.15. The number of nitrogens with zero attached hydrogens (tertiary/aromatic N) is 4. The van der Waals surface area contributed by atoms with Gasteiger partial charge in [-0.1, -0.05) is 23.4 Å². The number of fused-ring (bicyclic) bond motifs is 1. The first kappa shape index (κ1) is 24.0. The lowest BCUT2D eigenvalue weighted by Gasteiger charge is -2.10. The molecular weight excluding hydrogens is 504 g/mol. The Labute approximate surface area is 217 Å². The molecule has 0 amide bonds. The highest BCUT2D eigenvalue weighted by molar-refractivity contribution is 7.98. The van der Waals surface area contributed by atoms with Crippen LogP contribution in [0.3, 0.4) is 0 Å². The van der Waals surface area contributed by atoms with E-state index in [1.165, 1.54) is 0 Å². The minimum absolute atomic E-state index is 0.272. The van der Waals surface area contributed by atoms with E-state index in [1.807, 2.05) is 43.3 Å². The van der Waals surface area contributed by atoms with E-state index in [9.17, 15) is 0 Å². The molecule has 0 atom stereocenters. The van der Waals surface area contributed by atoms with Crippen molar-refractivity contribution in [2.45, 2.75) is 44.1 Å². The van der Waals surface area contributed by atoms with Crippen molar-refractivity contribution in [3.8, 4) is 27.8 Å². The van der Waals surface area contributed by atoms with Gasteiger partial charge < -0.3 is 18.8 Å². The number of aryl methyl sites for hydroxylation is 2. The Morgan fingerprint density at radius 3 is 2.89 bits per heavy atom. The van der Waals surface area contributed by atoms with Crippen LogP contribution in [0.15, 0.2) is 46.9 Å². The van der Waals surface area contributed by atoms with E-state index in [0.717, 1.165) is 80.2 Å². The number of hydrogen-bond acceptors (Lipinski definition) is 8. The maximum atomic E-state index is 6.02. The van der Waals surface area contributed by atoms with Gasteiger partial charge in [-0.05, 0) is 62.2 Å². The van der Waals surface area contributed by atoms with Gasteiger partial charge in [0.05, 0.1) is 12.3 Å². The van der Waals surface area contributed by atoms with Crippen LogP contribution in [-0.4, -0.2) is 33.1 Å². The molecule has 0 fully saturated rings. The fourth-order valence-electron chi connectivity index (χ4n) is 3.79. The first-order valence-corrected chi connectivity index (χ1v) is 13.6. The molecule has 0 radical (unpaired) electrons. The van der Waals surface area contributed by atoms with E-state index in [0.29, 0.717) is 6.61 Å². The summed E-state index contributed by atoms with van der Waals surface area (Å²) >= 11 is 9.30. The van der Waals surface area contributed by atoms with Crippen LogP contribution in [0.4, 0.5) is 0 Å². The van der Waals surface area contributed by atoms with Crippen molar-refractivity contribution < 1.29 is 14.2 Å². The molecule has 5 rings (SSSR count). The van der Waals surface area contributed by atoms with Gasteiger partial charge in [0, 0.05) is 34.7 Å². The predicted octanol–water partition coefficient (Wildman–Crippen LogP) is 6.42. The lowest BCUT2D eigenvalue weighted by atomic mass is 10.2. The number of thioether (sulfide) groups is 1. The zero-order valence-corrected chi connectivity index (χ0v) is 21.9. The minimum Gasteiger partial charge on any atom is -0.493 e. The van der Waals surface area contributed by atoms with Crippen LogP contribution in [0, 0.1) is 6.92 Å². The zero-order valence-electron chi connectivity index (χ0n) is 19.5. The quantitative estimate of drug-likeness (QED) is 0.174. The Morgan fingerprint density at radius 1 is 1.14 bits per heavy atom. The fourth-order valence-corrected chi connectivity index (χ4v) is 5.85. The number of thiazole rings is 1. The van der Waals surface area contributed by atoms with Gasteiger partial charge in [-0.3, -0.25) is 0 Å². The largest absolute Gasteiger partial charge is 0.493 e. The molecule has 10 heteroatoms. The van der Waals surface area contributed by atoms with Gasteiger partial charge in [0.25, 0.3) is 0 Å². The smallest absolute Gasteiger partial charge is 0.231 e. The molecule has 0 N–H and O–H groups in total. The van der Waals surface area contributed by atoms with Crippen molar-refractivity contribution in [2.75, 3.05) is 13.4 Å². The Hall–Kier alpha value is -2.75. The second-order valence-corrected chi connectivity index (χ2v) is 10.2. The zero-order chi connectivity index (χ0) is 24.2. The molecule has 3 heterocycles.